The summed E-state index contributed by atoms with van der Waals surface area (Å²) in [4.78, 5) is 25.3. The second-order valence-electron chi connectivity index (χ2n) is 6.01. The molecule has 0 aliphatic heterocycles. The SMILES string of the molecule is CCCn1c(=O)n(CCCCNCCCN)c(=O)c2ccccc21. The molecule has 0 atom stereocenters. The van der Waals surface area contributed by atoms with Crippen LogP contribution in [0.15, 0.2) is 33.9 Å². The third kappa shape index (κ3) is 4.33. The van der Waals surface area contributed by atoms with Gasteiger partial charge in [-0.3, -0.25) is 13.9 Å². The van der Waals surface area contributed by atoms with Crippen molar-refractivity contribution in [1.29, 1.82) is 0 Å². The van der Waals surface area contributed by atoms with E-state index >= 15 is 0 Å². The molecule has 6 heteroatoms. The molecule has 0 amide bonds. The van der Waals surface area contributed by atoms with E-state index in [-0.39, 0.29) is 11.2 Å². The first-order valence-corrected chi connectivity index (χ1v) is 8.83. The van der Waals surface area contributed by atoms with Crippen molar-refractivity contribution in [2.45, 2.75) is 45.7 Å². The minimum absolute atomic E-state index is 0.181. The van der Waals surface area contributed by atoms with Crippen LogP contribution >= 0.6 is 0 Å². The fourth-order valence-corrected chi connectivity index (χ4v) is 2.88. The fourth-order valence-electron chi connectivity index (χ4n) is 2.88. The van der Waals surface area contributed by atoms with Crippen molar-refractivity contribution in [2.75, 3.05) is 19.6 Å². The van der Waals surface area contributed by atoms with E-state index in [1.54, 1.807) is 10.6 Å². The number of nitrogens with one attached hydrogen (secondary N) is 1. The number of hydrogen-bond donors (Lipinski definition) is 2. The van der Waals surface area contributed by atoms with Gasteiger partial charge in [-0.2, -0.15) is 0 Å². The third-order valence-electron chi connectivity index (χ3n) is 4.12. The summed E-state index contributed by atoms with van der Waals surface area (Å²) >= 11 is 0. The fraction of sp³-hybridized carbons (Fsp3) is 0.556. The van der Waals surface area contributed by atoms with Crippen molar-refractivity contribution in [3.05, 3.63) is 45.1 Å². The van der Waals surface area contributed by atoms with E-state index < -0.39 is 0 Å². The lowest BCUT2D eigenvalue weighted by molar-refractivity contribution is 0.518. The number of fused-ring (bicyclic) bond motifs is 1. The first-order valence-electron chi connectivity index (χ1n) is 8.83. The number of hydrogen-bond acceptors (Lipinski definition) is 4. The molecule has 0 saturated heterocycles. The smallest absolute Gasteiger partial charge is 0.330 e. The first-order chi connectivity index (χ1) is 11.7. The Hall–Kier alpha value is -1.92. The standard InChI is InChI=1S/C18H28N4O2/c1-2-13-21-16-9-4-3-8-15(16)17(23)22(18(21)24)14-6-5-11-20-12-7-10-19/h3-4,8-9,20H,2,5-7,10-14,19H2,1H3. The second kappa shape index (κ2) is 9.39. The highest BCUT2D eigenvalue weighted by atomic mass is 16.2. The van der Waals surface area contributed by atoms with Gasteiger partial charge in [-0.1, -0.05) is 19.1 Å². The molecular formula is C18H28N4O2. The van der Waals surface area contributed by atoms with Crippen LogP contribution in [-0.2, 0) is 13.1 Å². The van der Waals surface area contributed by atoms with E-state index in [1.165, 1.54) is 4.57 Å². The number of aromatic nitrogens is 2. The lowest BCUT2D eigenvalue weighted by Crippen LogP contribution is -2.40. The maximum absolute atomic E-state index is 12.7. The zero-order chi connectivity index (χ0) is 17.4. The summed E-state index contributed by atoms with van der Waals surface area (Å²) in [5, 5.41) is 3.93. The summed E-state index contributed by atoms with van der Waals surface area (Å²) in [6, 6.07) is 7.36. The zero-order valence-electron chi connectivity index (χ0n) is 14.5. The molecular weight excluding hydrogens is 304 g/mol. The predicted octanol–water partition coefficient (Wildman–Crippen LogP) is 1.29. The Labute approximate surface area is 142 Å². The van der Waals surface area contributed by atoms with E-state index in [4.69, 9.17) is 5.73 Å². The van der Waals surface area contributed by atoms with Gasteiger partial charge in [0, 0.05) is 13.1 Å². The summed E-state index contributed by atoms with van der Waals surface area (Å²) in [6.07, 6.45) is 3.55. The van der Waals surface area contributed by atoms with Crippen molar-refractivity contribution in [1.82, 2.24) is 14.5 Å². The molecule has 6 nitrogen and oxygen atoms in total. The molecule has 3 N–H and O–H groups in total. The number of nitrogens with two attached hydrogens (primary N) is 1. The predicted molar refractivity (Wildman–Crippen MR) is 98.5 cm³/mol. The maximum Gasteiger partial charge on any atom is 0.331 e. The molecule has 2 rings (SSSR count). The highest BCUT2D eigenvalue weighted by molar-refractivity contribution is 5.77. The van der Waals surface area contributed by atoms with Gasteiger partial charge in [-0.15, -0.1) is 0 Å². The first kappa shape index (κ1) is 18.4. The molecule has 0 aliphatic rings. The van der Waals surface area contributed by atoms with Crippen molar-refractivity contribution < 1.29 is 0 Å². The van der Waals surface area contributed by atoms with Crippen LogP contribution in [0, 0.1) is 0 Å². The van der Waals surface area contributed by atoms with E-state index in [0.717, 1.165) is 44.3 Å². The summed E-state index contributed by atoms with van der Waals surface area (Å²) in [7, 11) is 0. The lowest BCUT2D eigenvalue weighted by Gasteiger charge is -2.13. The quantitative estimate of drug-likeness (QED) is 0.642. The normalized spacial score (nSPS) is 11.2. The van der Waals surface area contributed by atoms with E-state index in [2.05, 4.69) is 5.32 Å². The van der Waals surface area contributed by atoms with Crippen LogP contribution in [0.3, 0.4) is 0 Å². The molecule has 0 spiro atoms. The molecule has 0 saturated carbocycles. The van der Waals surface area contributed by atoms with Gasteiger partial charge in [0.25, 0.3) is 5.56 Å². The Kier molecular flexibility index (Phi) is 7.21. The van der Waals surface area contributed by atoms with Crippen molar-refractivity contribution in [3.8, 4) is 0 Å². The zero-order valence-corrected chi connectivity index (χ0v) is 14.5. The molecule has 1 aromatic heterocycles. The van der Waals surface area contributed by atoms with Crippen LogP contribution < -0.4 is 22.3 Å². The Morgan fingerprint density at radius 1 is 1.00 bits per heavy atom. The highest BCUT2D eigenvalue weighted by Crippen LogP contribution is 2.08. The highest BCUT2D eigenvalue weighted by Gasteiger charge is 2.11. The molecule has 0 radical (unpaired) electrons. The van der Waals surface area contributed by atoms with Crippen LogP contribution in [0.1, 0.15) is 32.6 Å². The Balaban J connectivity index is 2.15. The molecule has 0 unspecified atom stereocenters. The largest absolute Gasteiger partial charge is 0.331 e. The van der Waals surface area contributed by atoms with Crippen LogP contribution in [0.2, 0.25) is 0 Å². The summed E-state index contributed by atoms with van der Waals surface area (Å²) in [5.74, 6) is 0. The Morgan fingerprint density at radius 3 is 2.50 bits per heavy atom. The maximum atomic E-state index is 12.7. The number of nitrogens with zero attached hydrogens (tertiary/aromatic N) is 2. The molecule has 0 fully saturated rings. The van der Waals surface area contributed by atoms with Crippen molar-refractivity contribution >= 4 is 10.9 Å². The Bertz CT molecular complexity index is 764. The minimum atomic E-state index is -0.198. The molecule has 1 aromatic carbocycles. The third-order valence-corrected chi connectivity index (χ3v) is 4.12. The Morgan fingerprint density at radius 2 is 1.75 bits per heavy atom. The number of rotatable bonds is 10. The molecule has 132 valence electrons. The van der Waals surface area contributed by atoms with E-state index in [0.29, 0.717) is 25.0 Å². The molecule has 24 heavy (non-hydrogen) atoms. The lowest BCUT2D eigenvalue weighted by atomic mass is 10.2. The van der Waals surface area contributed by atoms with Crippen LogP contribution in [0.25, 0.3) is 10.9 Å². The van der Waals surface area contributed by atoms with Gasteiger partial charge < -0.3 is 11.1 Å². The van der Waals surface area contributed by atoms with Gasteiger partial charge in [0.05, 0.1) is 10.9 Å². The molecule has 0 aliphatic carbocycles. The molecule has 0 bridgehead atoms. The van der Waals surface area contributed by atoms with Gasteiger partial charge in [0.1, 0.15) is 0 Å². The van der Waals surface area contributed by atoms with Crippen LogP contribution in [0.4, 0.5) is 0 Å². The van der Waals surface area contributed by atoms with Gasteiger partial charge in [-0.25, -0.2) is 4.79 Å². The van der Waals surface area contributed by atoms with E-state index in [1.807, 2.05) is 25.1 Å². The number of para-hydroxylation sites is 1. The summed E-state index contributed by atoms with van der Waals surface area (Å²) in [6.45, 7) is 5.60. The van der Waals surface area contributed by atoms with Crippen molar-refractivity contribution in [2.24, 2.45) is 5.73 Å². The number of benzene rings is 1. The van der Waals surface area contributed by atoms with Crippen LogP contribution in [-0.4, -0.2) is 28.8 Å². The minimum Gasteiger partial charge on any atom is -0.330 e. The number of unbranched alkanes of at least 4 members (excludes halogenated alkanes) is 1. The average molecular weight is 332 g/mol. The molecule has 1 heterocycles. The second-order valence-corrected chi connectivity index (χ2v) is 6.01. The monoisotopic (exact) mass is 332 g/mol. The van der Waals surface area contributed by atoms with Gasteiger partial charge in [-0.05, 0) is 57.5 Å². The van der Waals surface area contributed by atoms with Gasteiger partial charge in [0.2, 0.25) is 0 Å². The topological polar surface area (TPSA) is 82.1 Å². The van der Waals surface area contributed by atoms with E-state index in [9.17, 15) is 9.59 Å². The van der Waals surface area contributed by atoms with Gasteiger partial charge >= 0.3 is 5.69 Å². The molecule has 2 aromatic rings. The average Bonchev–Trinajstić information content (AvgIpc) is 2.60. The summed E-state index contributed by atoms with van der Waals surface area (Å²) < 4.78 is 3.11. The van der Waals surface area contributed by atoms with Crippen LogP contribution in [0.5, 0.6) is 0 Å². The number of aryl methyl sites for hydroxylation is 1. The summed E-state index contributed by atoms with van der Waals surface area (Å²) in [5.41, 5.74) is 5.80. The van der Waals surface area contributed by atoms with Gasteiger partial charge in [0.15, 0.2) is 0 Å². The van der Waals surface area contributed by atoms with Crippen molar-refractivity contribution in [3.63, 3.8) is 0 Å².